The molecule has 1 aromatic carbocycles. The van der Waals surface area contributed by atoms with E-state index in [1.165, 1.54) is 0 Å². The van der Waals surface area contributed by atoms with Gasteiger partial charge in [0.15, 0.2) is 0 Å². The third kappa shape index (κ3) is 3.40. The van der Waals surface area contributed by atoms with Gasteiger partial charge in [-0.25, -0.2) is 0 Å². The molecular weight excluding hydrogens is 228 g/mol. The monoisotopic (exact) mass is 242 g/mol. The van der Waals surface area contributed by atoms with E-state index in [2.05, 4.69) is 5.32 Å². The van der Waals surface area contributed by atoms with Gasteiger partial charge in [-0.15, -0.1) is 0 Å². The van der Waals surface area contributed by atoms with Gasteiger partial charge in [0.1, 0.15) is 0 Å². The van der Waals surface area contributed by atoms with Crippen molar-refractivity contribution in [3.8, 4) is 0 Å². The summed E-state index contributed by atoms with van der Waals surface area (Å²) in [4.78, 5) is 11.8. The van der Waals surface area contributed by atoms with Crippen LogP contribution in [0.25, 0.3) is 0 Å². The molecule has 1 amide bonds. The Hall–Kier alpha value is -1.26. The van der Waals surface area contributed by atoms with Gasteiger partial charge in [-0.05, 0) is 25.1 Å². The second kappa shape index (κ2) is 5.72. The van der Waals surface area contributed by atoms with E-state index in [4.69, 9.17) is 22.1 Å². The lowest BCUT2D eigenvalue weighted by Crippen LogP contribution is -2.35. The van der Waals surface area contributed by atoms with E-state index in [-0.39, 0.29) is 11.9 Å². The first-order valence-corrected chi connectivity index (χ1v) is 5.27. The number of nitrogens with one attached hydrogen (secondary N) is 1. The molecule has 16 heavy (non-hydrogen) atoms. The summed E-state index contributed by atoms with van der Waals surface area (Å²) in [5.41, 5.74) is 6.49. The van der Waals surface area contributed by atoms with E-state index < -0.39 is 0 Å². The molecule has 0 aromatic heterocycles. The topological polar surface area (TPSA) is 64.3 Å². The van der Waals surface area contributed by atoms with E-state index >= 15 is 0 Å². The van der Waals surface area contributed by atoms with Crippen molar-refractivity contribution < 1.29 is 9.53 Å². The fourth-order valence-electron chi connectivity index (χ4n) is 1.31. The van der Waals surface area contributed by atoms with Crippen molar-refractivity contribution in [1.29, 1.82) is 0 Å². The number of anilines is 1. The standard InChI is InChI=1S/C11H15ClN2O2/c1-7(6-16-2)14-11(15)9-4-3-8(13)5-10(9)12/h3-5,7H,6,13H2,1-2H3,(H,14,15). The van der Waals surface area contributed by atoms with Crippen LogP contribution in [0, 0.1) is 0 Å². The Bertz CT molecular complexity index is 382. The lowest BCUT2D eigenvalue weighted by Gasteiger charge is -2.13. The van der Waals surface area contributed by atoms with Crippen LogP contribution in [0.2, 0.25) is 5.02 Å². The van der Waals surface area contributed by atoms with Crippen molar-refractivity contribution in [2.75, 3.05) is 19.5 Å². The van der Waals surface area contributed by atoms with E-state index in [0.717, 1.165) is 0 Å². The minimum absolute atomic E-state index is 0.0638. The van der Waals surface area contributed by atoms with Crippen LogP contribution in [0.5, 0.6) is 0 Å². The van der Waals surface area contributed by atoms with Crippen LogP contribution in [0.1, 0.15) is 17.3 Å². The van der Waals surface area contributed by atoms with Crippen LogP contribution in [-0.4, -0.2) is 25.7 Å². The number of nitrogen functional groups attached to an aromatic ring is 1. The van der Waals surface area contributed by atoms with Crippen LogP contribution in [0.3, 0.4) is 0 Å². The van der Waals surface area contributed by atoms with Gasteiger partial charge in [0.25, 0.3) is 5.91 Å². The zero-order valence-corrected chi connectivity index (χ0v) is 10.0. The molecule has 1 rings (SSSR count). The van der Waals surface area contributed by atoms with Gasteiger partial charge in [-0.3, -0.25) is 4.79 Å². The number of benzene rings is 1. The lowest BCUT2D eigenvalue weighted by atomic mass is 10.2. The number of carbonyl (C=O) groups is 1. The predicted molar refractivity (Wildman–Crippen MR) is 64.7 cm³/mol. The average Bonchev–Trinajstić information content (AvgIpc) is 2.17. The summed E-state index contributed by atoms with van der Waals surface area (Å²) in [7, 11) is 1.58. The Morgan fingerprint density at radius 2 is 2.31 bits per heavy atom. The summed E-state index contributed by atoms with van der Waals surface area (Å²) in [6, 6.07) is 4.73. The highest BCUT2D eigenvalue weighted by molar-refractivity contribution is 6.34. The molecule has 1 unspecified atom stereocenters. The van der Waals surface area contributed by atoms with Gasteiger partial charge in [-0.2, -0.15) is 0 Å². The first-order chi connectivity index (χ1) is 7.54. The molecule has 0 heterocycles. The number of halogens is 1. The first kappa shape index (κ1) is 12.8. The number of nitrogens with two attached hydrogens (primary N) is 1. The van der Waals surface area contributed by atoms with E-state index in [1.54, 1.807) is 25.3 Å². The molecule has 0 aliphatic rings. The van der Waals surface area contributed by atoms with Crippen molar-refractivity contribution in [3.05, 3.63) is 28.8 Å². The molecule has 3 N–H and O–H groups in total. The van der Waals surface area contributed by atoms with Gasteiger partial charge >= 0.3 is 0 Å². The van der Waals surface area contributed by atoms with E-state index in [1.807, 2.05) is 6.92 Å². The molecule has 4 nitrogen and oxygen atoms in total. The average molecular weight is 243 g/mol. The van der Waals surface area contributed by atoms with Crippen LogP contribution < -0.4 is 11.1 Å². The second-order valence-corrected chi connectivity index (χ2v) is 3.98. The Labute approximate surface area is 99.7 Å². The second-order valence-electron chi connectivity index (χ2n) is 3.57. The number of hydrogen-bond acceptors (Lipinski definition) is 3. The first-order valence-electron chi connectivity index (χ1n) is 4.89. The molecule has 0 spiro atoms. The summed E-state index contributed by atoms with van der Waals surface area (Å²) in [6.07, 6.45) is 0. The molecule has 0 aliphatic heterocycles. The molecule has 0 aliphatic carbocycles. The maximum Gasteiger partial charge on any atom is 0.253 e. The lowest BCUT2D eigenvalue weighted by molar-refractivity contribution is 0.0906. The Morgan fingerprint density at radius 3 is 2.88 bits per heavy atom. The highest BCUT2D eigenvalue weighted by atomic mass is 35.5. The fraction of sp³-hybridized carbons (Fsp3) is 0.364. The molecular formula is C11H15ClN2O2. The van der Waals surface area contributed by atoms with Crippen LogP contribution in [0.15, 0.2) is 18.2 Å². The SMILES string of the molecule is COCC(C)NC(=O)c1ccc(N)cc1Cl. The molecule has 0 fully saturated rings. The molecule has 1 atom stereocenters. The minimum atomic E-state index is -0.227. The Balaban J connectivity index is 2.73. The molecule has 0 saturated carbocycles. The molecule has 88 valence electrons. The highest BCUT2D eigenvalue weighted by Crippen LogP contribution is 2.18. The van der Waals surface area contributed by atoms with Crippen molar-refractivity contribution in [2.45, 2.75) is 13.0 Å². The molecule has 1 aromatic rings. The van der Waals surface area contributed by atoms with Crippen LogP contribution >= 0.6 is 11.6 Å². The third-order valence-corrected chi connectivity index (χ3v) is 2.34. The largest absolute Gasteiger partial charge is 0.399 e. The van der Waals surface area contributed by atoms with Crippen molar-refractivity contribution >= 4 is 23.2 Å². The van der Waals surface area contributed by atoms with Gasteiger partial charge < -0.3 is 15.8 Å². The molecule has 0 saturated heterocycles. The molecule has 0 bridgehead atoms. The van der Waals surface area contributed by atoms with E-state index in [9.17, 15) is 4.79 Å². The summed E-state index contributed by atoms with van der Waals surface area (Å²) in [5, 5.41) is 3.12. The number of methoxy groups -OCH3 is 1. The zero-order valence-electron chi connectivity index (χ0n) is 9.29. The fourth-order valence-corrected chi connectivity index (χ4v) is 1.58. The summed E-state index contributed by atoms with van der Waals surface area (Å²) < 4.78 is 4.92. The minimum Gasteiger partial charge on any atom is -0.399 e. The normalized spacial score (nSPS) is 12.2. The van der Waals surface area contributed by atoms with Crippen LogP contribution in [-0.2, 0) is 4.74 Å². The van der Waals surface area contributed by atoms with Gasteiger partial charge in [0.05, 0.1) is 17.2 Å². The van der Waals surface area contributed by atoms with Crippen LogP contribution in [0.4, 0.5) is 5.69 Å². The van der Waals surface area contributed by atoms with E-state index in [0.29, 0.717) is 22.9 Å². The quantitative estimate of drug-likeness (QED) is 0.790. The number of hydrogen-bond donors (Lipinski definition) is 2. The highest BCUT2D eigenvalue weighted by Gasteiger charge is 2.12. The summed E-state index contributed by atoms with van der Waals surface area (Å²) in [6.45, 7) is 2.31. The predicted octanol–water partition coefficient (Wildman–Crippen LogP) is 1.69. The summed E-state index contributed by atoms with van der Waals surface area (Å²) in [5.74, 6) is -0.227. The maximum atomic E-state index is 11.8. The Kier molecular flexibility index (Phi) is 4.58. The summed E-state index contributed by atoms with van der Waals surface area (Å²) >= 11 is 5.91. The third-order valence-electron chi connectivity index (χ3n) is 2.03. The number of carbonyl (C=O) groups excluding carboxylic acids is 1. The number of amides is 1. The Morgan fingerprint density at radius 1 is 1.62 bits per heavy atom. The zero-order chi connectivity index (χ0) is 12.1. The maximum absolute atomic E-state index is 11.8. The smallest absolute Gasteiger partial charge is 0.253 e. The van der Waals surface area contributed by atoms with Gasteiger partial charge in [-0.1, -0.05) is 11.6 Å². The van der Waals surface area contributed by atoms with Crippen molar-refractivity contribution in [2.24, 2.45) is 0 Å². The van der Waals surface area contributed by atoms with Crippen molar-refractivity contribution in [1.82, 2.24) is 5.32 Å². The molecule has 5 heteroatoms. The number of ether oxygens (including phenoxy) is 1. The number of rotatable bonds is 4. The van der Waals surface area contributed by atoms with Gasteiger partial charge in [0, 0.05) is 18.8 Å². The molecule has 0 radical (unpaired) electrons. The van der Waals surface area contributed by atoms with Crippen molar-refractivity contribution in [3.63, 3.8) is 0 Å². The van der Waals surface area contributed by atoms with Gasteiger partial charge in [0.2, 0.25) is 0 Å².